The van der Waals surface area contributed by atoms with Gasteiger partial charge in [0.1, 0.15) is 11.8 Å². The van der Waals surface area contributed by atoms with E-state index in [9.17, 15) is 10.1 Å². The van der Waals surface area contributed by atoms with Crippen LogP contribution in [0, 0.1) is 18.3 Å². The van der Waals surface area contributed by atoms with Crippen LogP contribution in [0.4, 0.5) is 5.13 Å². The van der Waals surface area contributed by atoms with Crippen molar-refractivity contribution in [3.8, 4) is 11.8 Å². The first-order valence-corrected chi connectivity index (χ1v) is 8.88. The Balaban J connectivity index is 1.77. The molecule has 1 N–H and O–H groups in total. The lowest BCUT2D eigenvalue weighted by atomic mass is 10.1. The summed E-state index contributed by atoms with van der Waals surface area (Å²) in [7, 11) is 1.60. The fraction of sp³-hybridized carbons (Fsp3) is 0.100. The van der Waals surface area contributed by atoms with Gasteiger partial charge in [-0.2, -0.15) is 5.26 Å². The van der Waals surface area contributed by atoms with Gasteiger partial charge in [0.05, 0.1) is 12.7 Å². The monoisotopic (exact) mass is 376 g/mol. The fourth-order valence-corrected chi connectivity index (χ4v) is 3.05. The maximum atomic E-state index is 12.3. The number of hydrogen-bond donors (Lipinski definition) is 1. The van der Waals surface area contributed by atoms with Crippen LogP contribution in [-0.2, 0) is 0 Å². The number of aryl methyl sites for hydroxylation is 1. The van der Waals surface area contributed by atoms with Crippen molar-refractivity contribution in [2.24, 2.45) is 0 Å². The molecule has 3 aromatic rings. The van der Waals surface area contributed by atoms with Gasteiger partial charge in [-0.05, 0) is 42.8 Å². The van der Waals surface area contributed by atoms with E-state index in [0.29, 0.717) is 21.3 Å². The number of allylic oxidation sites excluding steroid dienone is 1. The summed E-state index contributed by atoms with van der Waals surface area (Å²) in [6, 6.07) is 16.7. The molecule has 0 unspecified atom stereocenters. The summed E-state index contributed by atoms with van der Waals surface area (Å²) in [4.78, 5) is 12.3. The summed E-state index contributed by atoms with van der Waals surface area (Å²) < 4.78 is 5.12. The summed E-state index contributed by atoms with van der Waals surface area (Å²) in [5.74, 6) is 0.474. The molecule has 6 nitrogen and oxygen atoms in total. The molecule has 0 aliphatic heterocycles. The number of benzene rings is 2. The number of methoxy groups -OCH3 is 1. The Hall–Kier alpha value is -3.50. The smallest absolute Gasteiger partial charge is 0.257 e. The fourth-order valence-electron chi connectivity index (χ4n) is 2.35. The number of ether oxygens (including phenoxy) is 1. The molecular formula is C20H16N4O2S. The zero-order valence-electron chi connectivity index (χ0n) is 14.8. The van der Waals surface area contributed by atoms with E-state index in [1.54, 1.807) is 25.3 Å². The van der Waals surface area contributed by atoms with Crippen LogP contribution in [0.25, 0.3) is 11.6 Å². The van der Waals surface area contributed by atoms with Crippen LogP contribution in [0.15, 0.2) is 48.5 Å². The molecule has 0 fully saturated rings. The van der Waals surface area contributed by atoms with Gasteiger partial charge in [-0.25, -0.2) is 0 Å². The molecule has 7 heteroatoms. The number of carbonyl (C=O) groups excluding carboxylic acids is 1. The molecule has 0 aliphatic carbocycles. The van der Waals surface area contributed by atoms with Crippen molar-refractivity contribution in [1.82, 2.24) is 10.2 Å². The van der Waals surface area contributed by atoms with Crippen molar-refractivity contribution >= 4 is 34.0 Å². The number of aromatic nitrogens is 2. The number of nitrogens with zero attached hydrogens (tertiary/aromatic N) is 3. The Labute approximate surface area is 160 Å². The van der Waals surface area contributed by atoms with Crippen molar-refractivity contribution in [3.63, 3.8) is 0 Å². The summed E-state index contributed by atoms with van der Waals surface area (Å²) in [5.41, 5.74) is 2.75. The molecule has 3 rings (SSSR count). The first-order chi connectivity index (χ1) is 13.1. The Morgan fingerprint density at radius 2 is 2.00 bits per heavy atom. The molecule has 0 atom stereocenters. The number of rotatable bonds is 5. The summed E-state index contributed by atoms with van der Waals surface area (Å²) in [5, 5.41) is 20.9. The van der Waals surface area contributed by atoms with Crippen molar-refractivity contribution in [3.05, 3.63) is 70.2 Å². The second-order valence-corrected chi connectivity index (χ2v) is 6.66. The molecule has 0 saturated carbocycles. The molecule has 0 spiro atoms. The minimum atomic E-state index is -0.265. The standard InChI is InChI=1S/C20H16N4O2S/c1-13-4-3-5-15(10-13)18(25)22-20-24-23-19(27-20)16(12-21)11-14-6-8-17(26-2)9-7-14/h3-11H,1-2H3,(H,22,24,25)/b16-11+. The number of anilines is 1. The summed E-state index contributed by atoms with van der Waals surface area (Å²) in [6.07, 6.45) is 1.71. The molecule has 0 radical (unpaired) electrons. The highest BCUT2D eigenvalue weighted by Gasteiger charge is 2.13. The van der Waals surface area contributed by atoms with Crippen LogP contribution in [0.1, 0.15) is 26.5 Å². The second kappa shape index (κ2) is 8.25. The van der Waals surface area contributed by atoms with Crippen LogP contribution < -0.4 is 10.1 Å². The lowest BCUT2D eigenvalue weighted by molar-refractivity contribution is 0.102. The Bertz CT molecular complexity index is 1030. The molecule has 0 saturated heterocycles. The maximum Gasteiger partial charge on any atom is 0.257 e. The molecule has 0 aliphatic rings. The predicted molar refractivity (Wildman–Crippen MR) is 106 cm³/mol. The summed E-state index contributed by atoms with van der Waals surface area (Å²) in [6.45, 7) is 1.92. The van der Waals surface area contributed by atoms with Crippen LogP contribution in [-0.4, -0.2) is 23.2 Å². The van der Waals surface area contributed by atoms with Crippen molar-refractivity contribution in [2.45, 2.75) is 6.92 Å². The highest BCUT2D eigenvalue weighted by atomic mass is 32.1. The van der Waals surface area contributed by atoms with Crippen LogP contribution in [0.5, 0.6) is 5.75 Å². The third kappa shape index (κ3) is 4.57. The van der Waals surface area contributed by atoms with Crippen LogP contribution in [0.2, 0.25) is 0 Å². The Kier molecular flexibility index (Phi) is 5.59. The van der Waals surface area contributed by atoms with E-state index >= 15 is 0 Å². The summed E-state index contributed by atoms with van der Waals surface area (Å²) >= 11 is 1.15. The lowest BCUT2D eigenvalue weighted by Gasteiger charge is -2.01. The van der Waals surface area contributed by atoms with Crippen molar-refractivity contribution < 1.29 is 9.53 Å². The highest BCUT2D eigenvalue weighted by molar-refractivity contribution is 7.16. The number of amides is 1. The molecular weight excluding hydrogens is 360 g/mol. The molecule has 1 amide bonds. The van der Waals surface area contributed by atoms with Crippen LogP contribution in [0.3, 0.4) is 0 Å². The number of hydrogen-bond acceptors (Lipinski definition) is 6. The molecule has 2 aromatic carbocycles. The number of nitrogens with one attached hydrogen (secondary N) is 1. The van der Waals surface area contributed by atoms with Gasteiger partial charge >= 0.3 is 0 Å². The SMILES string of the molecule is COc1ccc(/C=C(\C#N)c2nnc(NC(=O)c3cccc(C)c3)s2)cc1. The quantitative estimate of drug-likeness (QED) is 0.675. The largest absolute Gasteiger partial charge is 0.497 e. The molecule has 134 valence electrons. The number of nitriles is 1. The van der Waals surface area contributed by atoms with E-state index in [0.717, 1.165) is 28.2 Å². The van der Waals surface area contributed by atoms with Crippen molar-refractivity contribution in [1.29, 1.82) is 5.26 Å². The third-order valence-corrected chi connectivity index (χ3v) is 4.58. The zero-order valence-corrected chi connectivity index (χ0v) is 15.6. The van der Waals surface area contributed by atoms with E-state index in [2.05, 4.69) is 21.6 Å². The minimum absolute atomic E-state index is 0.265. The van der Waals surface area contributed by atoms with Gasteiger partial charge in [0, 0.05) is 5.56 Å². The average Bonchev–Trinajstić information content (AvgIpc) is 3.14. The Morgan fingerprint density at radius 3 is 2.67 bits per heavy atom. The van der Waals surface area contributed by atoms with Gasteiger partial charge in [0.25, 0.3) is 5.91 Å². The van der Waals surface area contributed by atoms with Gasteiger partial charge in [0.15, 0.2) is 5.01 Å². The molecule has 0 bridgehead atoms. The van der Waals surface area contributed by atoms with Gasteiger partial charge in [-0.1, -0.05) is 41.2 Å². The third-order valence-electron chi connectivity index (χ3n) is 3.70. The normalized spacial score (nSPS) is 10.9. The average molecular weight is 376 g/mol. The van der Waals surface area contributed by atoms with E-state index in [1.807, 2.05) is 43.3 Å². The molecule has 27 heavy (non-hydrogen) atoms. The van der Waals surface area contributed by atoms with Gasteiger partial charge in [-0.15, -0.1) is 10.2 Å². The minimum Gasteiger partial charge on any atom is -0.497 e. The highest BCUT2D eigenvalue weighted by Crippen LogP contribution is 2.25. The van der Waals surface area contributed by atoms with E-state index in [-0.39, 0.29) is 5.91 Å². The molecule has 1 heterocycles. The first-order valence-electron chi connectivity index (χ1n) is 8.07. The van der Waals surface area contributed by atoms with Crippen LogP contribution >= 0.6 is 11.3 Å². The zero-order chi connectivity index (χ0) is 19.2. The van der Waals surface area contributed by atoms with Crippen molar-refractivity contribution in [2.75, 3.05) is 12.4 Å². The lowest BCUT2D eigenvalue weighted by Crippen LogP contribution is -2.11. The maximum absolute atomic E-state index is 12.3. The second-order valence-electron chi connectivity index (χ2n) is 5.68. The van der Waals surface area contributed by atoms with E-state index in [1.165, 1.54) is 0 Å². The predicted octanol–water partition coefficient (Wildman–Crippen LogP) is 4.17. The van der Waals surface area contributed by atoms with Gasteiger partial charge < -0.3 is 4.74 Å². The molecule has 1 aromatic heterocycles. The topological polar surface area (TPSA) is 87.9 Å². The number of carbonyl (C=O) groups is 1. The van der Waals surface area contributed by atoms with Gasteiger partial charge in [-0.3, -0.25) is 10.1 Å². The van der Waals surface area contributed by atoms with Gasteiger partial charge in [0.2, 0.25) is 5.13 Å². The van der Waals surface area contributed by atoms with E-state index < -0.39 is 0 Å². The Morgan fingerprint density at radius 1 is 1.22 bits per heavy atom. The van der Waals surface area contributed by atoms with E-state index in [4.69, 9.17) is 4.74 Å². The first kappa shape index (κ1) is 18.3.